The fourth-order valence-electron chi connectivity index (χ4n) is 2.13. The van der Waals surface area contributed by atoms with Gasteiger partial charge in [0.1, 0.15) is 0 Å². The number of hydrazone groups is 1. The van der Waals surface area contributed by atoms with Crippen molar-refractivity contribution in [3.05, 3.63) is 51.8 Å². The van der Waals surface area contributed by atoms with Crippen LogP contribution >= 0.6 is 15.9 Å². The van der Waals surface area contributed by atoms with Crippen LogP contribution < -0.4 is 5.43 Å². The molecule has 1 aromatic carbocycles. The molecule has 0 aliphatic carbocycles. The summed E-state index contributed by atoms with van der Waals surface area (Å²) < 4.78 is 3.13. The molecule has 0 unspecified atom stereocenters. The van der Waals surface area contributed by atoms with Crippen LogP contribution in [0.15, 0.2) is 39.9 Å². The van der Waals surface area contributed by atoms with Crippen molar-refractivity contribution in [1.29, 1.82) is 0 Å². The largest absolute Gasteiger partial charge is 0.317 e. The molecule has 0 bridgehead atoms. The highest BCUT2D eigenvalue weighted by Gasteiger charge is 2.15. The molecule has 104 valence electrons. The highest BCUT2D eigenvalue weighted by molar-refractivity contribution is 9.10. The highest BCUT2D eigenvalue weighted by atomic mass is 79.9. The molecule has 20 heavy (non-hydrogen) atoms. The smallest absolute Gasteiger partial charge is 0.236 e. The van der Waals surface area contributed by atoms with E-state index in [9.17, 15) is 4.79 Å². The van der Waals surface area contributed by atoms with Gasteiger partial charge in [0.15, 0.2) is 0 Å². The lowest BCUT2D eigenvalue weighted by molar-refractivity contribution is -0.118. The molecule has 5 heteroatoms. The summed E-state index contributed by atoms with van der Waals surface area (Å²) in [6.45, 7) is 5.50. The van der Waals surface area contributed by atoms with E-state index in [1.165, 1.54) is 6.92 Å². The Balaban J connectivity index is 2.47. The fourth-order valence-corrected chi connectivity index (χ4v) is 2.69. The van der Waals surface area contributed by atoms with Crippen LogP contribution in [-0.2, 0) is 4.79 Å². The van der Waals surface area contributed by atoms with Gasteiger partial charge in [-0.25, -0.2) is 5.43 Å². The predicted molar refractivity (Wildman–Crippen MR) is 84.4 cm³/mol. The number of rotatable bonds is 3. The van der Waals surface area contributed by atoms with Gasteiger partial charge in [0, 0.05) is 34.0 Å². The zero-order valence-corrected chi connectivity index (χ0v) is 13.2. The van der Waals surface area contributed by atoms with Gasteiger partial charge in [-0.1, -0.05) is 18.2 Å². The topological polar surface area (TPSA) is 46.4 Å². The number of hydrogen-bond donors (Lipinski definition) is 1. The summed E-state index contributed by atoms with van der Waals surface area (Å²) in [6.07, 6.45) is 1.66. The summed E-state index contributed by atoms with van der Waals surface area (Å²) >= 11 is 3.59. The zero-order valence-electron chi connectivity index (χ0n) is 11.6. The van der Waals surface area contributed by atoms with E-state index in [2.05, 4.69) is 43.2 Å². The molecule has 1 N–H and O–H groups in total. The number of amides is 1. The van der Waals surface area contributed by atoms with Gasteiger partial charge in [0.25, 0.3) is 0 Å². The lowest BCUT2D eigenvalue weighted by Gasteiger charge is -2.08. The van der Waals surface area contributed by atoms with Gasteiger partial charge in [0.2, 0.25) is 5.91 Å². The molecule has 0 atom stereocenters. The summed E-state index contributed by atoms with van der Waals surface area (Å²) in [6, 6.07) is 10.1. The SMILES string of the molecule is CC(=O)N/N=C\c1c(Br)c(C)n(-c2ccccc2)c1C. The maximum Gasteiger partial charge on any atom is 0.236 e. The maximum atomic E-state index is 10.9. The average Bonchev–Trinajstić information content (AvgIpc) is 2.63. The number of halogens is 1. The molecule has 4 nitrogen and oxygen atoms in total. The first-order valence-electron chi connectivity index (χ1n) is 6.25. The first kappa shape index (κ1) is 14.5. The van der Waals surface area contributed by atoms with Gasteiger partial charge in [-0.05, 0) is 41.9 Å². The second-order valence-electron chi connectivity index (χ2n) is 4.50. The molecule has 1 heterocycles. The van der Waals surface area contributed by atoms with Gasteiger partial charge in [-0.2, -0.15) is 5.10 Å². The van der Waals surface area contributed by atoms with E-state index in [-0.39, 0.29) is 5.91 Å². The number of aromatic nitrogens is 1. The molecule has 2 rings (SSSR count). The second kappa shape index (κ2) is 6.05. The molecule has 1 amide bonds. The van der Waals surface area contributed by atoms with Crippen molar-refractivity contribution in [2.45, 2.75) is 20.8 Å². The number of carbonyl (C=O) groups is 1. The Morgan fingerprint density at radius 3 is 2.50 bits per heavy atom. The average molecular weight is 334 g/mol. The Morgan fingerprint density at radius 1 is 1.25 bits per heavy atom. The summed E-state index contributed by atoms with van der Waals surface area (Å²) in [5, 5.41) is 3.94. The van der Waals surface area contributed by atoms with E-state index in [0.717, 1.165) is 27.1 Å². The van der Waals surface area contributed by atoms with Crippen molar-refractivity contribution in [2.75, 3.05) is 0 Å². The van der Waals surface area contributed by atoms with Crippen LogP contribution in [0.2, 0.25) is 0 Å². The number of benzene rings is 1. The van der Waals surface area contributed by atoms with Crippen LogP contribution in [0.3, 0.4) is 0 Å². The molecule has 0 spiro atoms. The Morgan fingerprint density at radius 2 is 1.90 bits per heavy atom. The van der Waals surface area contributed by atoms with Gasteiger partial charge < -0.3 is 4.57 Å². The number of nitrogens with zero attached hydrogens (tertiary/aromatic N) is 2. The maximum absolute atomic E-state index is 10.9. The second-order valence-corrected chi connectivity index (χ2v) is 5.29. The number of para-hydroxylation sites is 1. The minimum Gasteiger partial charge on any atom is -0.317 e. The lowest BCUT2D eigenvalue weighted by Crippen LogP contribution is -2.12. The monoisotopic (exact) mass is 333 g/mol. The van der Waals surface area contributed by atoms with Gasteiger partial charge in [-0.3, -0.25) is 4.79 Å². The summed E-state index contributed by atoms with van der Waals surface area (Å²) in [7, 11) is 0. The quantitative estimate of drug-likeness (QED) is 0.679. The van der Waals surface area contributed by atoms with E-state index in [1.54, 1.807) is 6.21 Å². The lowest BCUT2D eigenvalue weighted by atomic mass is 10.2. The summed E-state index contributed by atoms with van der Waals surface area (Å²) in [5.41, 5.74) is 6.64. The fraction of sp³-hybridized carbons (Fsp3) is 0.200. The summed E-state index contributed by atoms with van der Waals surface area (Å²) in [5.74, 6) is -0.186. The van der Waals surface area contributed by atoms with Crippen molar-refractivity contribution >= 4 is 28.1 Å². The third-order valence-corrected chi connectivity index (χ3v) is 4.05. The van der Waals surface area contributed by atoms with Crippen molar-refractivity contribution in [1.82, 2.24) is 9.99 Å². The molecule has 0 saturated heterocycles. The minimum atomic E-state index is -0.186. The molecule has 0 fully saturated rings. The van der Waals surface area contributed by atoms with Crippen LogP contribution in [0, 0.1) is 13.8 Å². The molecular formula is C15H16BrN3O. The first-order valence-corrected chi connectivity index (χ1v) is 7.04. The Hall–Kier alpha value is -1.88. The van der Waals surface area contributed by atoms with E-state index >= 15 is 0 Å². The van der Waals surface area contributed by atoms with Crippen molar-refractivity contribution in [3.63, 3.8) is 0 Å². The van der Waals surface area contributed by atoms with E-state index in [4.69, 9.17) is 0 Å². The van der Waals surface area contributed by atoms with Gasteiger partial charge in [-0.15, -0.1) is 0 Å². The molecule has 1 aromatic heterocycles. The van der Waals surface area contributed by atoms with Crippen molar-refractivity contribution in [3.8, 4) is 5.69 Å². The Bertz CT molecular complexity index is 660. The number of nitrogens with one attached hydrogen (secondary N) is 1. The zero-order chi connectivity index (χ0) is 14.7. The van der Waals surface area contributed by atoms with Crippen LogP contribution in [0.4, 0.5) is 0 Å². The van der Waals surface area contributed by atoms with E-state index < -0.39 is 0 Å². The van der Waals surface area contributed by atoms with Crippen LogP contribution in [0.1, 0.15) is 23.9 Å². The highest BCUT2D eigenvalue weighted by Crippen LogP contribution is 2.29. The normalized spacial score (nSPS) is 11.0. The molecule has 0 aliphatic heterocycles. The van der Waals surface area contributed by atoms with E-state index in [1.807, 2.05) is 32.0 Å². The first-order chi connectivity index (χ1) is 9.52. The molecule has 0 saturated carbocycles. The minimum absolute atomic E-state index is 0.186. The Kier molecular flexibility index (Phi) is 4.39. The van der Waals surface area contributed by atoms with Gasteiger partial charge in [0.05, 0.1) is 6.21 Å². The number of hydrogen-bond acceptors (Lipinski definition) is 2. The van der Waals surface area contributed by atoms with Crippen LogP contribution in [0.5, 0.6) is 0 Å². The molecular weight excluding hydrogens is 318 g/mol. The van der Waals surface area contributed by atoms with Crippen LogP contribution in [0.25, 0.3) is 5.69 Å². The Labute approximate surface area is 126 Å². The van der Waals surface area contributed by atoms with E-state index in [0.29, 0.717) is 0 Å². The predicted octanol–water partition coefficient (Wildman–Crippen LogP) is 3.33. The summed E-state index contributed by atoms with van der Waals surface area (Å²) in [4.78, 5) is 10.9. The third kappa shape index (κ3) is 2.82. The number of carbonyl (C=O) groups excluding carboxylic acids is 1. The standard InChI is InChI=1S/C15H16BrN3O/c1-10-14(9-17-18-12(3)20)15(16)11(2)19(10)13-7-5-4-6-8-13/h4-9H,1-3H3,(H,18,20)/b17-9-. The molecule has 0 radical (unpaired) electrons. The van der Waals surface area contributed by atoms with Crippen molar-refractivity contribution < 1.29 is 4.79 Å². The molecule has 2 aromatic rings. The third-order valence-electron chi connectivity index (χ3n) is 3.04. The van der Waals surface area contributed by atoms with Gasteiger partial charge >= 0.3 is 0 Å². The molecule has 0 aliphatic rings. The van der Waals surface area contributed by atoms with Crippen LogP contribution in [-0.4, -0.2) is 16.7 Å². The van der Waals surface area contributed by atoms with Crippen molar-refractivity contribution in [2.24, 2.45) is 5.10 Å².